The zero-order chi connectivity index (χ0) is 19.2. The van der Waals surface area contributed by atoms with Crippen molar-refractivity contribution < 1.29 is 4.79 Å². The van der Waals surface area contributed by atoms with Crippen molar-refractivity contribution in [2.45, 2.75) is 17.7 Å². The van der Waals surface area contributed by atoms with Crippen LogP contribution in [-0.4, -0.2) is 31.9 Å². The zero-order valence-electron chi connectivity index (χ0n) is 14.8. The van der Waals surface area contributed by atoms with Crippen molar-refractivity contribution in [3.63, 3.8) is 0 Å². The Bertz CT molecular complexity index is 1000. The minimum Gasteiger partial charge on any atom is -0.344 e. The summed E-state index contributed by atoms with van der Waals surface area (Å²) < 4.78 is 1.72. The van der Waals surface area contributed by atoms with Crippen molar-refractivity contribution in [2.24, 2.45) is 0 Å². The smallest absolute Gasteiger partial charge is 0.231 e. The van der Waals surface area contributed by atoms with Gasteiger partial charge >= 0.3 is 0 Å². The number of thiophene rings is 2. The first kappa shape index (κ1) is 18.9. The highest BCUT2D eigenvalue weighted by Gasteiger charge is 2.18. The van der Waals surface area contributed by atoms with E-state index in [1.54, 1.807) is 27.4 Å². The summed E-state index contributed by atoms with van der Waals surface area (Å²) in [7, 11) is 0. The van der Waals surface area contributed by atoms with Crippen molar-refractivity contribution in [2.75, 3.05) is 5.75 Å². The number of tetrazole rings is 1. The number of hydrogen-bond donors (Lipinski definition) is 1. The van der Waals surface area contributed by atoms with Crippen molar-refractivity contribution in [3.8, 4) is 0 Å². The fourth-order valence-electron chi connectivity index (χ4n) is 2.70. The molecule has 1 N–H and O–H groups in total. The van der Waals surface area contributed by atoms with Crippen LogP contribution in [0.2, 0.25) is 0 Å². The molecule has 3 heterocycles. The van der Waals surface area contributed by atoms with E-state index < -0.39 is 0 Å². The maximum atomic E-state index is 12.6. The molecular weight excluding hydrogens is 410 g/mol. The molecule has 1 unspecified atom stereocenters. The van der Waals surface area contributed by atoms with Gasteiger partial charge in [-0.2, -0.15) is 0 Å². The van der Waals surface area contributed by atoms with Gasteiger partial charge in [0.15, 0.2) is 0 Å². The summed E-state index contributed by atoms with van der Waals surface area (Å²) in [4.78, 5) is 14.9. The molecule has 3 aromatic heterocycles. The summed E-state index contributed by atoms with van der Waals surface area (Å²) >= 11 is 4.63. The average Bonchev–Trinajstić information content (AvgIpc) is 3.49. The lowest BCUT2D eigenvalue weighted by atomic mass is 10.1. The Kier molecular flexibility index (Phi) is 6.15. The Balaban J connectivity index is 1.40. The van der Waals surface area contributed by atoms with E-state index in [0.717, 1.165) is 10.4 Å². The molecule has 1 amide bonds. The summed E-state index contributed by atoms with van der Waals surface area (Å²) in [6.45, 7) is 0.608. The molecule has 0 fully saturated rings. The number of nitrogens with one attached hydrogen (secondary N) is 1. The summed E-state index contributed by atoms with van der Waals surface area (Å²) in [6, 6.07) is 17.9. The number of aromatic nitrogens is 4. The van der Waals surface area contributed by atoms with Crippen LogP contribution in [0.25, 0.3) is 0 Å². The van der Waals surface area contributed by atoms with Gasteiger partial charge in [0.2, 0.25) is 11.1 Å². The number of benzene rings is 1. The van der Waals surface area contributed by atoms with Crippen molar-refractivity contribution >= 4 is 40.3 Å². The molecule has 142 valence electrons. The summed E-state index contributed by atoms with van der Waals surface area (Å²) in [5.41, 5.74) is 1.06. The fourth-order valence-corrected chi connectivity index (χ4v) is 4.88. The first-order chi connectivity index (χ1) is 13.8. The lowest BCUT2D eigenvalue weighted by Crippen LogP contribution is -2.30. The fraction of sp³-hybridized carbons (Fsp3) is 0.158. The minimum absolute atomic E-state index is 0.0575. The van der Waals surface area contributed by atoms with Gasteiger partial charge < -0.3 is 5.32 Å². The van der Waals surface area contributed by atoms with E-state index >= 15 is 0 Å². The molecule has 0 saturated heterocycles. The second-order valence-electron chi connectivity index (χ2n) is 5.91. The van der Waals surface area contributed by atoms with Crippen LogP contribution in [-0.2, 0) is 11.3 Å². The maximum absolute atomic E-state index is 12.6. The quantitative estimate of drug-likeness (QED) is 0.433. The van der Waals surface area contributed by atoms with E-state index in [1.165, 1.54) is 16.6 Å². The molecule has 0 aliphatic heterocycles. The number of thioether (sulfide) groups is 1. The molecule has 0 bridgehead atoms. The lowest BCUT2D eigenvalue weighted by Gasteiger charge is -2.18. The number of amides is 1. The first-order valence-corrected chi connectivity index (χ1v) is 11.3. The molecule has 0 radical (unpaired) electrons. The average molecular weight is 428 g/mol. The number of carbonyl (C=O) groups excluding carboxylic acids is 1. The Morgan fingerprint density at radius 3 is 2.64 bits per heavy atom. The summed E-state index contributed by atoms with van der Waals surface area (Å²) in [6.07, 6.45) is 0. The van der Waals surface area contributed by atoms with Crippen LogP contribution in [0.4, 0.5) is 0 Å². The minimum atomic E-state index is -0.156. The third kappa shape index (κ3) is 4.67. The third-order valence-electron chi connectivity index (χ3n) is 3.98. The van der Waals surface area contributed by atoms with E-state index in [4.69, 9.17) is 0 Å². The monoisotopic (exact) mass is 427 g/mol. The molecule has 28 heavy (non-hydrogen) atoms. The van der Waals surface area contributed by atoms with Gasteiger partial charge in [-0.1, -0.05) is 54.2 Å². The topological polar surface area (TPSA) is 72.7 Å². The Morgan fingerprint density at radius 2 is 1.89 bits per heavy atom. The summed E-state index contributed by atoms with van der Waals surface area (Å²) in [5, 5.41) is 19.6. The predicted octanol–water partition coefficient (Wildman–Crippen LogP) is 3.84. The van der Waals surface area contributed by atoms with Gasteiger partial charge in [0.1, 0.15) is 0 Å². The summed E-state index contributed by atoms with van der Waals surface area (Å²) in [5.74, 6) is 0.192. The molecular formula is C19H17N5OS3. The molecule has 1 aromatic carbocycles. The third-order valence-corrected chi connectivity index (χ3v) is 6.74. The molecule has 0 saturated carbocycles. The zero-order valence-corrected chi connectivity index (χ0v) is 17.2. The van der Waals surface area contributed by atoms with E-state index in [0.29, 0.717) is 11.7 Å². The van der Waals surface area contributed by atoms with E-state index in [-0.39, 0.29) is 17.7 Å². The van der Waals surface area contributed by atoms with Gasteiger partial charge in [-0.05, 0) is 38.9 Å². The van der Waals surface area contributed by atoms with Gasteiger partial charge in [0.05, 0.1) is 18.3 Å². The van der Waals surface area contributed by atoms with E-state index in [9.17, 15) is 4.79 Å². The second kappa shape index (κ2) is 9.13. The first-order valence-electron chi connectivity index (χ1n) is 8.58. The molecule has 6 nitrogen and oxygen atoms in total. The number of carbonyl (C=O) groups is 1. The van der Waals surface area contributed by atoms with Gasteiger partial charge in [-0.3, -0.25) is 4.79 Å². The second-order valence-corrected chi connectivity index (χ2v) is 8.87. The largest absolute Gasteiger partial charge is 0.344 e. The van der Waals surface area contributed by atoms with Crippen LogP contribution >= 0.6 is 34.4 Å². The maximum Gasteiger partial charge on any atom is 0.231 e. The predicted molar refractivity (Wildman–Crippen MR) is 113 cm³/mol. The number of rotatable bonds is 8. The molecule has 4 aromatic rings. The van der Waals surface area contributed by atoms with Crippen molar-refractivity contribution in [1.82, 2.24) is 25.5 Å². The molecule has 0 spiro atoms. The van der Waals surface area contributed by atoms with Crippen LogP contribution in [0.3, 0.4) is 0 Å². The SMILES string of the molecule is O=C(CSc1nnnn1Cc1cccs1)NC(c1ccccc1)c1cccs1. The molecule has 0 aliphatic rings. The van der Waals surface area contributed by atoms with Crippen molar-refractivity contribution in [3.05, 3.63) is 80.7 Å². The van der Waals surface area contributed by atoms with Gasteiger partial charge in [-0.25, -0.2) is 4.68 Å². The van der Waals surface area contributed by atoms with Crippen LogP contribution < -0.4 is 5.32 Å². The highest BCUT2D eigenvalue weighted by Crippen LogP contribution is 2.26. The Morgan fingerprint density at radius 1 is 1.07 bits per heavy atom. The molecule has 0 aliphatic carbocycles. The standard InChI is InChI=1S/C19H17N5OS3/c25-17(13-28-19-21-22-23-24(19)12-15-8-4-10-26-15)20-18(16-9-5-11-27-16)14-6-2-1-3-7-14/h1-11,18H,12-13H2,(H,20,25). The van der Waals surface area contributed by atoms with E-state index in [2.05, 4.69) is 20.8 Å². The van der Waals surface area contributed by atoms with Crippen molar-refractivity contribution in [1.29, 1.82) is 0 Å². The normalized spacial score (nSPS) is 12.0. The highest BCUT2D eigenvalue weighted by molar-refractivity contribution is 7.99. The van der Waals surface area contributed by atoms with Crippen LogP contribution in [0.5, 0.6) is 0 Å². The van der Waals surface area contributed by atoms with Gasteiger partial charge in [-0.15, -0.1) is 27.8 Å². The Labute approximate surface area is 174 Å². The van der Waals surface area contributed by atoms with Gasteiger partial charge in [0, 0.05) is 9.75 Å². The highest BCUT2D eigenvalue weighted by atomic mass is 32.2. The van der Waals surface area contributed by atoms with Crippen LogP contribution in [0.1, 0.15) is 21.4 Å². The molecule has 9 heteroatoms. The number of hydrogen-bond acceptors (Lipinski definition) is 7. The van der Waals surface area contributed by atoms with E-state index in [1.807, 2.05) is 65.4 Å². The van der Waals surface area contributed by atoms with Gasteiger partial charge in [0.25, 0.3) is 0 Å². The number of nitrogens with zero attached hydrogens (tertiary/aromatic N) is 4. The van der Waals surface area contributed by atoms with Crippen LogP contribution in [0.15, 0.2) is 70.5 Å². The molecule has 1 atom stereocenters. The molecule has 4 rings (SSSR count). The lowest BCUT2D eigenvalue weighted by molar-refractivity contribution is -0.119. The Hall–Kier alpha value is -2.49. The van der Waals surface area contributed by atoms with Crippen LogP contribution in [0, 0.1) is 0 Å².